The molecule has 2 atom stereocenters. The van der Waals surface area contributed by atoms with Crippen molar-refractivity contribution in [1.82, 2.24) is 0 Å². The van der Waals surface area contributed by atoms with Gasteiger partial charge in [0.25, 0.3) is 0 Å². The lowest BCUT2D eigenvalue weighted by Gasteiger charge is -2.30. The van der Waals surface area contributed by atoms with Crippen molar-refractivity contribution in [2.24, 2.45) is 5.92 Å². The number of benzene rings is 1. The van der Waals surface area contributed by atoms with Gasteiger partial charge in [-0.1, -0.05) is 12.1 Å². The molecule has 1 aromatic heterocycles. The Morgan fingerprint density at radius 1 is 1.11 bits per heavy atom. The first kappa shape index (κ1) is 25.0. The summed E-state index contributed by atoms with van der Waals surface area (Å²) >= 11 is 1.55. The maximum Gasteiger partial charge on any atom is 0.341 e. The van der Waals surface area contributed by atoms with Gasteiger partial charge < -0.3 is 19.5 Å². The average molecular weight is 498 g/mol. The molecule has 0 bridgehead atoms. The van der Waals surface area contributed by atoms with E-state index in [0.717, 1.165) is 36.8 Å². The number of rotatable bonds is 8. The monoisotopic (exact) mass is 497 g/mol. The fourth-order valence-corrected chi connectivity index (χ4v) is 6.19. The first-order valence-electron chi connectivity index (χ1n) is 12.1. The Kier molecular flexibility index (Phi) is 7.90. The van der Waals surface area contributed by atoms with Crippen LogP contribution >= 0.6 is 11.3 Å². The Morgan fingerprint density at radius 3 is 2.63 bits per heavy atom. The van der Waals surface area contributed by atoms with Gasteiger partial charge in [0.2, 0.25) is 0 Å². The molecule has 2 aromatic rings. The summed E-state index contributed by atoms with van der Waals surface area (Å²) in [5.41, 5.74) is 3.11. The SMILES string of the molecule is CCOC(=O)c1c(NC2=CC(=O)[C@@H](C(=O)OCC)[C@H](c3cccc(OC)c3)C2)sc2c1CCCC2. The van der Waals surface area contributed by atoms with Crippen molar-refractivity contribution in [1.29, 1.82) is 0 Å². The van der Waals surface area contributed by atoms with Crippen molar-refractivity contribution in [3.05, 3.63) is 57.6 Å². The predicted molar refractivity (Wildman–Crippen MR) is 134 cm³/mol. The molecule has 2 aliphatic rings. The van der Waals surface area contributed by atoms with Gasteiger partial charge in [0.15, 0.2) is 5.78 Å². The molecule has 8 heteroatoms. The third-order valence-corrected chi connectivity index (χ3v) is 7.66. The number of carbonyl (C=O) groups excluding carboxylic acids is 3. The van der Waals surface area contributed by atoms with Crippen molar-refractivity contribution in [3.63, 3.8) is 0 Å². The number of aryl methyl sites for hydroxylation is 1. The number of ketones is 1. The highest BCUT2D eigenvalue weighted by Gasteiger charge is 2.40. The summed E-state index contributed by atoms with van der Waals surface area (Å²) in [6.45, 7) is 4.01. The highest BCUT2D eigenvalue weighted by atomic mass is 32.1. The van der Waals surface area contributed by atoms with Gasteiger partial charge in [-0.3, -0.25) is 9.59 Å². The molecule has 0 aliphatic heterocycles. The first-order valence-corrected chi connectivity index (χ1v) is 12.9. The van der Waals surface area contributed by atoms with E-state index in [0.29, 0.717) is 35.0 Å². The van der Waals surface area contributed by atoms with Gasteiger partial charge in [-0.15, -0.1) is 11.3 Å². The molecule has 0 saturated carbocycles. The van der Waals surface area contributed by atoms with Crippen LogP contribution in [0.25, 0.3) is 0 Å². The molecule has 4 rings (SSSR count). The molecule has 0 amide bonds. The summed E-state index contributed by atoms with van der Waals surface area (Å²) in [4.78, 5) is 40.1. The van der Waals surface area contributed by atoms with E-state index in [-0.39, 0.29) is 18.4 Å². The van der Waals surface area contributed by atoms with Gasteiger partial charge >= 0.3 is 11.9 Å². The summed E-state index contributed by atoms with van der Waals surface area (Å²) < 4.78 is 16.0. The van der Waals surface area contributed by atoms with Gasteiger partial charge in [0.05, 0.1) is 25.9 Å². The van der Waals surface area contributed by atoms with Gasteiger partial charge in [-0.25, -0.2) is 4.79 Å². The van der Waals surface area contributed by atoms with Crippen LogP contribution in [-0.4, -0.2) is 38.0 Å². The summed E-state index contributed by atoms with van der Waals surface area (Å²) in [7, 11) is 1.58. The molecule has 0 spiro atoms. The lowest BCUT2D eigenvalue weighted by atomic mass is 9.76. The second kappa shape index (κ2) is 11.1. The smallest absolute Gasteiger partial charge is 0.341 e. The fourth-order valence-electron chi connectivity index (χ4n) is 4.87. The van der Waals surface area contributed by atoms with Crippen molar-refractivity contribution in [2.45, 2.75) is 51.9 Å². The highest BCUT2D eigenvalue weighted by Crippen LogP contribution is 2.42. The molecule has 35 heavy (non-hydrogen) atoms. The Morgan fingerprint density at radius 2 is 1.89 bits per heavy atom. The first-order chi connectivity index (χ1) is 17.0. The topological polar surface area (TPSA) is 90.9 Å². The van der Waals surface area contributed by atoms with Gasteiger partial charge in [0.1, 0.15) is 16.7 Å². The normalized spacial score (nSPS) is 19.4. The summed E-state index contributed by atoms with van der Waals surface area (Å²) in [6, 6.07) is 7.41. The van der Waals surface area contributed by atoms with Gasteiger partial charge in [-0.2, -0.15) is 0 Å². The van der Waals surface area contributed by atoms with Crippen molar-refractivity contribution < 1.29 is 28.6 Å². The van der Waals surface area contributed by atoms with Crippen molar-refractivity contribution in [2.75, 3.05) is 25.6 Å². The van der Waals surface area contributed by atoms with E-state index in [1.165, 1.54) is 11.0 Å². The zero-order valence-corrected chi connectivity index (χ0v) is 21.2. The van der Waals surface area contributed by atoms with Crippen LogP contribution in [0.15, 0.2) is 36.0 Å². The third-order valence-electron chi connectivity index (χ3n) is 6.45. The molecule has 1 aromatic carbocycles. The second-order valence-corrected chi connectivity index (χ2v) is 9.75. The number of anilines is 1. The van der Waals surface area contributed by atoms with Crippen LogP contribution in [0.1, 0.15) is 65.4 Å². The summed E-state index contributed by atoms with van der Waals surface area (Å²) in [5, 5.41) is 4.07. The molecule has 0 unspecified atom stereocenters. The van der Waals surface area contributed by atoms with E-state index >= 15 is 0 Å². The number of hydrogen-bond donors (Lipinski definition) is 1. The minimum Gasteiger partial charge on any atom is -0.497 e. The molecule has 186 valence electrons. The van der Waals surface area contributed by atoms with Crippen LogP contribution < -0.4 is 10.1 Å². The molecule has 2 aliphatic carbocycles. The molecule has 1 heterocycles. The van der Waals surface area contributed by atoms with E-state index in [2.05, 4.69) is 5.32 Å². The van der Waals surface area contributed by atoms with E-state index < -0.39 is 17.8 Å². The number of carbonyl (C=O) groups is 3. The lowest BCUT2D eigenvalue weighted by molar-refractivity contribution is -0.151. The summed E-state index contributed by atoms with van der Waals surface area (Å²) in [5.74, 6) is -1.90. The van der Waals surface area contributed by atoms with E-state index in [4.69, 9.17) is 14.2 Å². The number of fused-ring (bicyclic) bond motifs is 1. The number of allylic oxidation sites excluding steroid dienone is 2. The molecule has 7 nitrogen and oxygen atoms in total. The molecule has 0 radical (unpaired) electrons. The van der Waals surface area contributed by atoms with Crippen LogP contribution in [0.5, 0.6) is 5.75 Å². The largest absolute Gasteiger partial charge is 0.497 e. The summed E-state index contributed by atoms with van der Waals surface area (Å²) in [6.07, 6.45) is 5.80. The van der Waals surface area contributed by atoms with E-state index in [1.807, 2.05) is 24.3 Å². The Labute approximate surface area is 209 Å². The van der Waals surface area contributed by atoms with Crippen LogP contribution in [0.3, 0.4) is 0 Å². The lowest BCUT2D eigenvalue weighted by Crippen LogP contribution is -2.35. The number of methoxy groups -OCH3 is 1. The molecule has 0 saturated heterocycles. The van der Waals surface area contributed by atoms with Crippen molar-refractivity contribution >= 4 is 34.1 Å². The maximum absolute atomic E-state index is 13.2. The average Bonchev–Trinajstić information content (AvgIpc) is 3.21. The minimum atomic E-state index is -0.936. The molecular formula is C27H31NO6S. The van der Waals surface area contributed by atoms with Crippen LogP contribution in [0.4, 0.5) is 5.00 Å². The molecule has 1 N–H and O–H groups in total. The van der Waals surface area contributed by atoms with E-state index in [9.17, 15) is 14.4 Å². The van der Waals surface area contributed by atoms with Crippen LogP contribution in [0, 0.1) is 5.92 Å². The Balaban J connectivity index is 1.70. The second-order valence-electron chi connectivity index (χ2n) is 8.65. The predicted octanol–water partition coefficient (Wildman–Crippen LogP) is 5.04. The molecular weight excluding hydrogens is 466 g/mol. The van der Waals surface area contributed by atoms with Crippen LogP contribution in [-0.2, 0) is 31.9 Å². The zero-order valence-electron chi connectivity index (χ0n) is 20.3. The minimum absolute atomic E-state index is 0.200. The van der Waals surface area contributed by atoms with Gasteiger partial charge in [-0.05, 0) is 69.2 Å². The number of ether oxygens (including phenoxy) is 3. The standard InChI is InChI=1S/C27H31NO6S/c1-4-33-26(30)23-20(16-9-8-10-18(13-16)32-3)14-17(15-21(23)29)28-25-24(27(31)34-5-2)19-11-6-7-12-22(19)35-25/h8-10,13,15,20,23,28H,4-7,11-12,14H2,1-3H3/t20-,23-/m0/s1. The fraction of sp³-hybridized carbons (Fsp3) is 0.444. The van der Waals surface area contributed by atoms with Crippen LogP contribution in [0.2, 0.25) is 0 Å². The van der Waals surface area contributed by atoms with E-state index in [1.54, 1.807) is 32.3 Å². The number of hydrogen-bond acceptors (Lipinski definition) is 8. The Hall–Kier alpha value is -3.13. The number of esters is 2. The zero-order chi connectivity index (χ0) is 24.9. The third kappa shape index (κ3) is 5.27. The van der Waals surface area contributed by atoms with Crippen molar-refractivity contribution in [3.8, 4) is 5.75 Å². The molecule has 0 fully saturated rings. The quantitative estimate of drug-likeness (QED) is 0.403. The maximum atomic E-state index is 13.2. The number of nitrogens with one attached hydrogen (secondary N) is 1. The Bertz CT molecular complexity index is 1150. The van der Waals surface area contributed by atoms with Gasteiger partial charge in [0, 0.05) is 22.6 Å². The highest BCUT2D eigenvalue weighted by molar-refractivity contribution is 7.16. The number of thiophene rings is 1.